The van der Waals surface area contributed by atoms with Crippen molar-refractivity contribution in [3.8, 4) is 0 Å². The average Bonchev–Trinajstić information content (AvgIpc) is 3.30. The lowest BCUT2D eigenvalue weighted by molar-refractivity contribution is -0.167. The predicted molar refractivity (Wildman–Crippen MR) is 279 cm³/mol. The third-order valence-corrected chi connectivity index (χ3v) is 10.5. The minimum absolute atomic E-state index is 0.138. The van der Waals surface area contributed by atoms with Gasteiger partial charge in [0.15, 0.2) is 6.10 Å². The summed E-state index contributed by atoms with van der Waals surface area (Å²) in [5.41, 5.74) is 0. The molecular formula is C59H94O6. The van der Waals surface area contributed by atoms with Gasteiger partial charge in [0.2, 0.25) is 0 Å². The van der Waals surface area contributed by atoms with Crippen LogP contribution in [0.1, 0.15) is 213 Å². The number of hydrogen-bond donors (Lipinski definition) is 0. The van der Waals surface area contributed by atoms with Crippen molar-refractivity contribution in [2.45, 2.75) is 219 Å². The smallest absolute Gasteiger partial charge is 0.306 e. The number of carbonyl (C=O) groups excluding carboxylic acids is 3. The lowest BCUT2D eigenvalue weighted by Gasteiger charge is -2.18. The van der Waals surface area contributed by atoms with E-state index in [9.17, 15) is 14.4 Å². The van der Waals surface area contributed by atoms with Crippen molar-refractivity contribution in [2.24, 2.45) is 0 Å². The quantitative estimate of drug-likeness (QED) is 0.0199. The van der Waals surface area contributed by atoms with Gasteiger partial charge < -0.3 is 14.2 Å². The Bertz CT molecular complexity index is 1400. The van der Waals surface area contributed by atoms with Gasteiger partial charge in [0.05, 0.1) is 0 Å². The van der Waals surface area contributed by atoms with Crippen molar-refractivity contribution in [2.75, 3.05) is 13.2 Å². The van der Waals surface area contributed by atoms with Crippen LogP contribution in [-0.2, 0) is 28.6 Å². The van der Waals surface area contributed by atoms with E-state index in [1.807, 2.05) is 36.5 Å². The fraction of sp³-hybridized carbons (Fsp3) is 0.610. The van der Waals surface area contributed by atoms with E-state index in [4.69, 9.17) is 14.2 Å². The molecule has 0 spiro atoms. The van der Waals surface area contributed by atoms with E-state index < -0.39 is 12.1 Å². The van der Waals surface area contributed by atoms with Gasteiger partial charge in [-0.25, -0.2) is 0 Å². The summed E-state index contributed by atoms with van der Waals surface area (Å²) in [6.45, 7) is 6.34. The maximum absolute atomic E-state index is 12.8. The number of rotatable bonds is 45. The van der Waals surface area contributed by atoms with Crippen LogP contribution in [0.15, 0.2) is 122 Å². The zero-order valence-corrected chi connectivity index (χ0v) is 41.7. The molecule has 0 aromatic rings. The van der Waals surface area contributed by atoms with Gasteiger partial charge in [-0.2, -0.15) is 0 Å². The van der Waals surface area contributed by atoms with E-state index in [1.54, 1.807) is 0 Å². The van der Waals surface area contributed by atoms with Crippen LogP contribution in [-0.4, -0.2) is 37.2 Å². The van der Waals surface area contributed by atoms with Crippen molar-refractivity contribution in [1.29, 1.82) is 0 Å². The number of ether oxygens (including phenoxy) is 3. The normalized spacial score (nSPS) is 13.1. The molecule has 0 saturated heterocycles. The molecule has 6 nitrogen and oxygen atoms in total. The van der Waals surface area contributed by atoms with Crippen LogP contribution in [0.25, 0.3) is 0 Å². The van der Waals surface area contributed by atoms with E-state index in [-0.39, 0.29) is 44.4 Å². The van der Waals surface area contributed by atoms with Crippen LogP contribution >= 0.6 is 0 Å². The summed E-state index contributed by atoms with van der Waals surface area (Å²) in [5, 5.41) is 0. The molecule has 65 heavy (non-hydrogen) atoms. The van der Waals surface area contributed by atoms with Crippen molar-refractivity contribution < 1.29 is 28.6 Å². The third kappa shape index (κ3) is 50.7. The second-order valence-corrected chi connectivity index (χ2v) is 16.8. The molecule has 0 aliphatic carbocycles. The summed E-state index contributed by atoms with van der Waals surface area (Å²) >= 11 is 0. The number of allylic oxidation sites excluding steroid dienone is 20. The minimum atomic E-state index is -0.844. The number of hydrogen-bond acceptors (Lipinski definition) is 6. The highest BCUT2D eigenvalue weighted by Crippen LogP contribution is 2.11. The Labute approximate surface area is 399 Å². The van der Waals surface area contributed by atoms with Gasteiger partial charge in [-0.3, -0.25) is 14.4 Å². The number of carbonyl (C=O) groups is 3. The molecule has 0 aliphatic rings. The fourth-order valence-corrected chi connectivity index (χ4v) is 6.60. The Morgan fingerprint density at radius 2 is 0.677 bits per heavy atom. The molecule has 0 bridgehead atoms. The molecule has 0 aromatic heterocycles. The topological polar surface area (TPSA) is 78.9 Å². The van der Waals surface area contributed by atoms with Gasteiger partial charge in [0, 0.05) is 19.3 Å². The van der Waals surface area contributed by atoms with Crippen molar-refractivity contribution in [1.82, 2.24) is 0 Å². The van der Waals surface area contributed by atoms with E-state index >= 15 is 0 Å². The Morgan fingerprint density at radius 3 is 1.14 bits per heavy atom. The van der Waals surface area contributed by atoms with Gasteiger partial charge in [0.25, 0.3) is 0 Å². The Hall–Kier alpha value is -4.19. The van der Waals surface area contributed by atoms with Gasteiger partial charge in [0.1, 0.15) is 13.2 Å². The number of unbranched alkanes of at least 4 members (excludes halogenated alkanes) is 17. The molecule has 6 heteroatoms. The first-order chi connectivity index (χ1) is 32.0. The molecule has 0 aliphatic heterocycles. The van der Waals surface area contributed by atoms with E-state index in [2.05, 4.69) is 106 Å². The Morgan fingerprint density at radius 1 is 0.338 bits per heavy atom. The highest BCUT2D eigenvalue weighted by Gasteiger charge is 2.19. The number of esters is 3. The summed E-state index contributed by atoms with van der Waals surface area (Å²) in [6, 6.07) is 0. The van der Waals surface area contributed by atoms with Crippen LogP contribution in [0, 0.1) is 0 Å². The third-order valence-electron chi connectivity index (χ3n) is 10.5. The van der Waals surface area contributed by atoms with Crippen LogP contribution in [0.4, 0.5) is 0 Å². The zero-order valence-electron chi connectivity index (χ0n) is 41.7. The molecule has 0 amide bonds. The summed E-state index contributed by atoms with van der Waals surface area (Å²) in [4.78, 5) is 37.9. The molecule has 0 N–H and O–H groups in total. The van der Waals surface area contributed by atoms with Gasteiger partial charge in [-0.1, -0.05) is 213 Å². The first-order valence-electron chi connectivity index (χ1n) is 26.1. The summed E-state index contributed by atoms with van der Waals surface area (Å²) < 4.78 is 16.7. The summed E-state index contributed by atoms with van der Waals surface area (Å²) in [6.07, 6.45) is 72.0. The lowest BCUT2D eigenvalue weighted by atomic mass is 10.1. The van der Waals surface area contributed by atoms with Crippen molar-refractivity contribution in [3.63, 3.8) is 0 Å². The summed E-state index contributed by atoms with van der Waals surface area (Å²) in [5.74, 6) is -1.09. The largest absolute Gasteiger partial charge is 0.462 e. The van der Waals surface area contributed by atoms with E-state index in [1.165, 1.54) is 89.9 Å². The monoisotopic (exact) mass is 899 g/mol. The molecule has 0 aromatic carbocycles. The standard InChI is InChI=1S/C59H94O6/c1-4-7-10-13-16-19-22-25-27-29-31-34-37-40-43-46-49-52-58(61)64-55-56(54-63-57(60)51-48-45-42-39-36-33-24-21-18-15-12-9-6-3)65-59(62)53-50-47-44-41-38-35-32-30-28-26-23-20-17-14-11-8-5-2/h9,12,15,18,21,24-28,31-36,40-41,43-44,56H,4-8,10-11,13-14,16-17,19-20,22-23,29-30,37-39,42,45-55H2,1-3H3/b12-9+,18-15+,24-21+,27-25+,28-26+,34-31+,35-32+,36-33+,43-40+,44-41+. The van der Waals surface area contributed by atoms with Crippen LogP contribution < -0.4 is 0 Å². The minimum Gasteiger partial charge on any atom is -0.462 e. The molecule has 1 atom stereocenters. The SMILES string of the molecule is CC/C=C/C=C/C=C/C=C/CCCCCC(=O)OCC(COC(=O)CCC/C=C/C/C=C/C/C=C/CCCCCCCC)OC(=O)CCC/C=C/C/C=C/C/C=C/CCCCCCCC. The molecule has 0 rings (SSSR count). The van der Waals surface area contributed by atoms with Crippen LogP contribution in [0.2, 0.25) is 0 Å². The van der Waals surface area contributed by atoms with Gasteiger partial charge in [-0.05, 0) is 103 Å². The maximum atomic E-state index is 12.8. The molecule has 366 valence electrons. The van der Waals surface area contributed by atoms with Crippen molar-refractivity contribution in [3.05, 3.63) is 122 Å². The van der Waals surface area contributed by atoms with Crippen molar-refractivity contribution >= 4 is 17.9 Å². The predicted octanol–water partition coefficient (Wildman–Crippen LogP) is 17.3. The molecular weight excluding hydrogens is 805 g/mol. The van der Waals surface area contributed by atoms with Crippen LogP contribution in [0.3, 0.4) is 0 Å². The molecule has 0 radical (unpaired) electrons. The van der Waals surface area contributed by atoms with E-state index in [0.29, 0.717) is 12.8 Å². The van der Waals surface area contributed by atoms with E-state index in [0.717, 1.165) is 70.6 Å². The molecule has 0 heterocycles. The average molecular weight is 899 g/mol. The fourth-order valence-electron chi connectivity index (χ4n) is 6.60. The molecule has 0 fully saturated rings. The second kappa shape index (κ2) is 52.4. The zero-order chi connectivity index (χ0) is 47.2. The van der Waals surface area contributed by atoms with Gasteiger partial charge >= 0.3 is 17.9 Å². The van der Waals surface area contributed by atoms with Gasteiger partial charge in [-0.15, -0.1) is 0 Å². The highest BCUT2D eigenvalue weighted by atomic mass is 16.6. The molecule has 0 saturated carbocycles. The Balaban J connectivity index is 4.61. The van der Waals surface area contributed by atoms with Crippen LogP contribution in [0.5, 0.6) is 0 Å². The summed E-state index contributed by atoms with van der Waals surface area (Å²) in [7, 11) is 0. The lowest BCUT2D eigenvalue weighted by Crippen LogP contribution is -2.30. The Kier molecular flexibility index (Phi) is 49.1. The highest BCUT2D eigenvalue weighted by molar-refractivity contribution is 5.71. The first kappa shape index (κ1) is 60.8. The molecule has 1 unspecified atom stereocenters. The maximum Gasteiger partial charge on any atom is 0.306 e. The first-order valence-corrected chi connectivity index (χ1v) is 26.1. The second-order valence-electron chi connectivity index (χ2n) is 16.8.